The third kappa shape index (κ3) is 4.34. The average molecular weight is 374 g/mol. The molecule has 2 aliphatic heterocycles. The number of morpholine rings is 1. The fourth-order valence-corrected chi connectivity index (χ4v) is 4.63. The molecule has 0 aromatic carbocycles. The smallest absolute Gasteiger partial charge is 0.274 e. The van der Waals surface area contributed by atoms with Crippen LogP contribution in [0.5, 0.6) is 0 Å². The maximum Gasteiger partial charge on any atom is 0.274 e. The predicted octanol–water partition coefficient (Wildman–Crippen LogP) is 2.17. The van der Waals surface area contributed by atoms with Crippen molar-refractivity contribution in [3.05, 3.63) is 17.5 Å². The van der Waals surface area contributed by atoms with E-state index in [1.54, 1.807) is 4.90 Å². The second-order valence-electron chi connectivity index (χ2n) is 8.15. The van der Waals surface area contributed by atoms with E-state index >= 15 is 0 Å². The number of ether oxygens (including phenoxy) is 1. The molecule has 0 spiro atoms. The number of carbonyl (C=O) groups excluding carboxylic acids is 2. The van der Waals surface area contributed by atoms with Crippen LogP contribution in [0.1, 0.15) is 67.0 Å². The summed E-state index contributed by atoms with van der Waals surface area (Å²) in [4.78, 5) is 29.1. The van der Waals surface area contributed by atoms with Gasteiger partial charge < -0.3 is 14.5 Å². The number of aromatic amines is 1. The normalized spacial score (nSPS) is 24.4. The van der Waals surface area contributed by atoms with Crippen molar-refractivity contribution in [2.75, 3.05) is 39.4 Å². The lowest BCUT2D eigenvalue weighted by atomic mass is 9.93. The van der Waals surface area contributed by atoms with Gasteiger partial charge in [-0.3, -0.25) is 14.7 Å². The molecule has 7 nitrogen and oxygen atoms in total. The number of nitrogens with zero attached hydrogens (tertiary/aromatic N) is 3. The van der Waals surface area contributed by atoms with Crippen LogP contribution < -0.4 is 0 Å². The molecule has 3 aliphatic rings. The van der Waals surface area contributed by atoms with Gasteiger partial charge in [-0.2, -0.15) is 5.10 Å². The van der Waals surface area contributed by atoms with Gasteiger partial charge in [-0.15, -0.1) is 0 Å². The first-order valence-corrected chi connectivity index (χ1v) is 10.4. The third-order valence-electron chi connectivity index (χ3n) is 6.27. The Hall–Kier alpha value is -1.89. The zero-order valence-electron chi connectivity index (χ0n) is 16.0. The minimum Gasteiger partial charge on any atom is -0.378 e. The van der Waals surface area contributed by atoms with Gasteiger partial charge in [0.15, 0.2) is 0 Å². The number of hydrogen-bond donors (Lipinski definition) is 1. The highest BCUT2D eigenvalue weighted by Crippen LogP contribution is 2.30. The number of amides is 2. The van der Waals surface area contributed by atoms with Crippen LogP contribution in [0.25, 0.3) is 0 Å². The molecule has 1 unspecified atom stereocenters. The van der Waals surface area contributed by atoms with E-state index in [-0.39, 0.29) is 11.8 Å². The predicted molar refractivity (Wildman–Crippen MR) is 100 cm³/mol. The van der Waals surface area contributed by atoms with Gasteiger partial charge in [-0.25, -0.2) is 0 Å². The fourth-order valence-electron chi connectivity index (χ4n) is 4.63. The molecule has 1 aromatic rings. The lowest BCUT2D eigenvalue weighted by Crippen LogP contribution is -2.40. The van der Waals surface area contributed by atoms with Crippen molar-refractivity contribution in [1.82, 2.24) is 20.0 Å². The highest BCUT2D eigenvalue weighted by molar-refractivity contribution is 5.92. The summed E-state index contributed by atoms with van der Waals surface area (Å²) in [5, 5.41) is 7.32. The van der Waals surface area contributed by atoms with E-state index < -0.39 is 0 Å². The molecule has 2 amide bonds. The molecule has 4 rings (SSSR count). The molecule has 1 aliphatic carbocycles. The fraction of sp³-hybridized carbons (Fsp3) is 0.750. The summed E-state index contributed by atoms with van der Waals surface area (Å²) >= 11 is 0. The summed E-state index contributed by atoms with van der Waals surface area (Å²) in [5.41, 5.74) is 1.45. The highest BCUT2D eigenvalue weighted by Gasteiger charge is 2.29. The molecule has 27 heavy (non-hydrogen) atoms. The number of nitrogens with one attached hydrogen (secondary N) is 1. The SMILES string of the molecule is O=C(CC1CCCC1)N1CCCC(c2cc(C(=O)N3CCOCC3)n[nH]2)C1. The van der Waals surface area contributed by atoms with Crippen molar-refractivity contribution in [2.45, 2.75) is 50.9 Å². The number of carbonyl (C=O) groups is 2. The molecule has 1 aromatic heterocycles. The number of H-pyrrole nitrogens is 1. The maximum atomic E-state index is 12.7. The Morgan fingerprint density at radius 1 is 1.07 bits per heavy atom. The topological polar surface area (TPSA) is 78.5 Å². The zero-order chi connectivity index (χ0) is 18.6. The minimum atomic E-state index is -0.0363. The molecular weight excluding hydrogens is 344 g/mol. The summed E-state index contributed by atoms with van der Waals surface area (Å²) in [6.45, 7) is 4.00. The van der Waals surface area contributed by atoms with Gasteiger partial charge in [-0.05, 0) is 37.7 Å². The van der Waals surface area contributed by atoms with Crippen molar-refractivity contribution >= 4 is 11.8 Å². The maximum absolute atomic E-state index is 12.7. The van der Waals surface area contributed by atoms with Crippen molar-refractivity contribution in [1.29, 1.82) is 0 Å². The zero-order valence-corrected chi connectivity index (χ0v) is 16.0. The standard InChI is InChI=1S/C20H30N4O3/c25-19(12-15-4-1-2-5-15)24-7-3-6-16(14-24)17-13-18(22-21-17)20(26)23-8-10-27-11-9-23/h13,15-16H,1-12,14H2,(H,21,22). The largest absolute Gasteiger partial charge is 0.378 e. The van der Waals surface area contributed by atoms with E-state index in [9.17, 15) is 9.59 Å². The number of piperidine rings is 1. The monoisotopic (exact) mass is 374 g/mol. The van der Waals surface area contributed by atoms with Crippen LogP contribution in [-0.4, -0.2) is 71.2 Å². The first-order valence-electron chi connectivity index (χ1n) is 10.4. The van der Waals surface area contributed by atoms with Gasteiger partial charge >= 0.3 is 0 Å². The Kier molecular flexibility index (Phi) is 5.76. The van der Waals surface area contributed by atoms with Crippen LogP contribution in [0.3, 0.4) is 0 Å². The van der Waals surface area contributed by atoms with Gasteiger partial charge in [0.25, 0.3) is 5.91 Å². The Labute approximate surface area is 160 Å². The second-order valence-corrected chi connectivity index (χ2v) is 8.15. The summed E-state index contributed by atoms with van der Waals surface area (Å²) in [5.74, 6) is 1.09. The quantitative estimate of drug-likeness (QED) is 0.876. The number of hydrogen-bond acceptors (Lipinski definition) is 4. The number of rotatable bonds is 4. The van der Waals surface area contributed by atoms with E-state index in [0.717, 1.165) is 31.6 Å². The summed E-state index contributed by atoms with van der Waals surface area (Å²) < 4.78 is 5.31. The molecule has 148 valence electrons. The van der Waals surface area contributed by atoms with Gasteiger partial charge in [0, 0.05) is 44.2 Å². The Balaban J connectivity index is 1.36. The third-order valence-corrected chi connectivity index (χ3v) is 6.27. The van der Waals surface area contributed by atoms with Crippen molar-refractivity contribution in [2.24, 2.45) is 5.92 Å². The first kappa shape index (κ1) is 18.5. The Morgan fingerprint density at radius 3 is 2.63 bits per heavy atom. The van der Waals surface area contributed by atoms with E-state index in [0.29, 0.717) is 50.2 Å². The van der Waals surface area contributed by atoms with Crippen LogP contribution in [0.2, 0.25) is 0 Å². The summed E-state index contributed by atoms with van der Waals surface area (Å²) in [7, 11) is 0. The molecule has 1 atom stereocenters. The first-order chi connectivity index (χ1) is 13.2. The van der Waals surface area contributed by atoms with Crippen LogP contribution in [-0.2, 0) is 9.53 Å². The molecule has 7 heteroatoms. The van der Waals surface area contributed by atoms with E-state index in [4.69, 9.17) is 4.74 Å². The number of likely N-dealkylation sites (tertiary alicyclic amines) is 1. The van der Waals surface area contributed by atoms with Gasteiger partial charge in [0.05, 0.1) is 13.2 Å². The minimum absolute atomic E-state index is 0.0363. The van der Waals surface area contributed by atoms with Crippen LogP contribution in [0.15, 0.2) is 6.07 Å². The van der Waals surface area contributed by atoms with Crippen molar-refractivity contribution < 1.29 is 14.3 Å². The molecule has 2 saturated heterocycles. The van der Waals surface area contributed by atoms with Gasteiger partial charge in [-0.1, -0.05) is 12.8 Å². The molecule has 3 fully saturated rings. The highest BCUT2D eigenvalue weighted by atomic mass is 16.5. The van der Waals surface area contributed by atoms with E-state index in [1.807, 2.05) is 11.0 Å². The van der Waals surface area contributed by atoms with Crippen LogP contribution >= 0.6 is 0 Å². The second kappa shape index (κ2) is 8.42. The van der Waals surface area contributed by atoms with Gasteiger partial charge in [0.1, 0.15) is 5.69 Å². The molecule has 1 N–H and O–H groups in total. The Bertz CT molecular complexity index is 662. The molecule has 1 saturated carbocycles. The van der Waals surface area contributed by atoms with Crippen LogP contribution in [0, 0.1) is 5.92 Å². The van der Waals surface area contributed by atoms with E-state index in [2.05, 4.69) is 10.2 Å². The van der Waals surface area contributed by atoms with Gasteiger partial charge in [0.2, 0.25) is 5.91 Å². The lowest BCUT2D eigenvalue weighted by Gasteiger charge is -2.33. The van der Waals surface area contributed by atoms with Crippen molar-refractivity contribution in [3.63, 3.8) is 0 Å². The average Bonchev–Trinajstić information content (AvgIpc) is 3.40. The van der Waals surface area contributed by atoms with Crippen LogP contribution in [0.4, 0.5) is 0 Å². The molecule has 3 heterocycles. The number of aromatic nitrogens is 2. The Morgan fingerprint density at radius 2 is 1.85 bits per heavy atom. The lowest BCUT2D eigenvalue weighted by molar-refractivity contribution is -0.133. The molecule has 0 radical (unpaired) electrons. The summed E-state index contributed by atoms with van der Waals surface area (Å²) in [6.07, 6.45) is 7.69. The summed E-state index contributed by atoms with van der Waals surface area (Å²) in [6, 6.07) is 1.88. The van der Waals surface area contributed by atoms with E-state index in [1.165, 1.54) is 25.7 Å². The molecular formula is C20H30N4O3. The van der Waals surface area contributed by atoms with Crippen molar-refractivity contribution in [3.8, 4) is 0 Å². The molecule has 0 bridgehead atoms.